The van der Waals surface area contributed by atoms with Crippen molar-refractivity contribution in [3.8, 4) is 17.5 Å². The zero-order valence-corrected chi connectivity index (χ0v) is 17.1. The number of aliphatic hydroxyl groups excluding tert-OH is 1. The van der Waals surface area contributed by atoms with E-state index in [-0.39, 0.29) is 18.7 Å². The number of likely N-dealkylation sites (tertiary alicyclic amines) is 1. The summed E-state index contributed by atoms with van der Waals surface area (Å²) in [5.41, 5.74) is 1.000. The van der Waals surface area contributed by atoms with Gasteiger partial charge in [-0.2, -0.15) is 5.10 Å². The van der Waals surface area contributed by atoms with Gasteiger partial charge in [0.2, 0.25) is 5.60 Å². The van der Waals surface area contributed by atoms with Crippen molar-refractivity contribution in [2.45, 2.75) is 18.6 Å². The van der Waals surface area contributed by atoms with Gasteiger partial charge >= 0.3 is 5.97 Å². The Bertz CT molecular complexity index is 1250. The number of hydrogen-bond donors (Lipinski definition) is 2. The van der Waals surface area contributed by atoms with Gasteiger partial charge in [0.1, 0.15) is 0 Å². The highest BCUT2D eigenvalue weighted by Crippen LogP contribution is 2.25. The van der Waals surface area contributed by atoms with Crippen LogP contribution in [0.15, 0.2) is 42.5 Å². The Kier molecular flexibility index (Phi) is 5.23. The number of likely N-dealkylation sites (N-methyl/N-ethyl adjacent to an activating group) is 1. The Morgan fingerprint density at radius 2 is 2.10 bits per heavy atom. The summed E-state index contributed by atoms with van der Waals surface area (Å²) in [6, 6.07) is 12.3. The van der Waals surface area contributed by atoms with Crippen molar-refractivity contribution in [2.75, 3.05) is 20.7 Å². The lowest BCUT2D eigenvalue weighted by molar-refractivity contribution is -0.137. The number of carbonyl (C=O) groups excluding carboxylic acids is 2. The van der Waals surface area contributed by atoms with Crippen molar-refractivity contribution in [2.24, 2.45) is 0 Å². The molecule has 31 heavy (non-hydrogen) atoms. The highest BCUT2D eigenvalue weighted by Gasteiger charge is 2.42. The molecule has 1 atom stereocenters. The molecule has 0 aliphatic carbocycles. The summed E-state index contributed by atoms with van der Waals surface area (Å²) in [5, 5.41) is 24.9. The summed E-state index contributed by atoms with van der Waals surface area (Å²) in [6.07, 6.45) is 0.258. The lowest BCUT2D eigenvalue weighted by Gasteiger charge is -2.13. The van der Waals surface area contributed by atoms with Gasteiger partial charge in [-0.25, -0.2) is 9.48 Å². The first-order valence-corrected chi connectivity index (χ1v) is 9.68. The highest BCUT2D eigenvalue weighted by molar-refractivity contribution is 6.02. The quantitative estimate of drug-likeness (QED) is 0.489. The summed E-state index contributed by atoms with van der Waals surface area (Å²) < 4.78 is 6.45. The SMILES string of the molecule is COC(=O)c1nn(-c2cccc(C#C[C@]3(O)CCN(C)C3=O)c2)c2ccc(CO)cc12. The summed E-state index contributed by atoms with van der Waals surface area (Å²) >= 11 is 0. The van der Waals surface area contributed by atoms with E-state index < -0.39 is 17.5 Å². The minimum atomic E-state index is -1.68. The van der Waals surface area contributed by atoms with Crippen molar-refractivity contribution >= 4 is 22.8 Å². The van der Waals surface area contributed by atoms with Crippen molar-refractivity contribution < 1.29 is 24.5 Å². The van der Waals surface area contributed by atoms with Gasteiger partial charge in [-0.1, -0.05) is 24.0 Å². The van der Waals surface area contributed by atoms with E-state index in [1.165, 1.54) is 12.0 Å². The van der Waals surface area contributed by atoms with E-state index in [0.717, 1.165) is 0 Å². The zero-order valence-electron chi connectivity index (χ0n) is 17.1. The van der Waals surface area contributed by atoms with Gasteiger partial charge in [0, 0.05) is 31.0 Å². The molecule has 1 amide bonds. The first kappa shape index (κ1) is 20.6. The Morgan fingerprint density at radius 3 is 2.77 bits per heavy atom. The fraction of sp³-hybridized carbons (Fsp3) is 0.261. The van der Waals surface area contributed by atoms with Gasteiger partial charge in [0.15, 0.2) is 5.69 Å². The van der Waals surface area contributed by atoms with Crippen LogP contribution in [0.25, 0.3) is 16.6 Å². The molecule has 1 saturated heterocycles. The third-order valence-electron chi connectivity index (χ3n) is 5.32. The third-order valence-corrected chi connectivity index (χ3v) is 5.32. The van der Waals surface area contributed by atoms with E-state index in [9.17, 15) is 19.8 Å². The van der Waals surface area contributed by atoms with Crippen molar-refractivity contribution in [1.29, 1.82) is 0 Å². The summed E-state index contributed by atoms with van der Waals surface area (Å²) in [6.45, 7) is 0.291. The lowest BCUT2D eigenvalue weighted by Crippen LogP contribution is -2.37. The van der Waals surface area contributed by atoms with Crippen molar-refractivity contribution in [1.82, 2.24) is 14.7 Å². The van der Waals surface area contributed by atoms with Gasteiger partial charge in [-0.05, 0) is 35.9 Å². The van der Waals surface area contributed by atoms with E-state index in [1.54, 1.807) is 48.1 Å². The molecular formula is C23H21N3O5. The molecule has 2 heterocycles. The molecule has 0 saturated carbocycles. The number of hydrogen-bond acceptors (Lipinski definition) is 6. The first-order valence-electron chi connectivity index (χ1n) is 9.68. The van der Waals surface area contributed by atoms with Crippen LogP contribution in [-0.4, -0.2) is 63.1 Å². The molecule has 158 valence electrons. The largest absolute Gasteiger partial charge is 0.464 e. The molecule has 8 nitrogen and oxygen atoms in total. The number of aliphatic hydroxyl groups is 2. The monoisotopic (exact) mass is 419 g/mol. The minimum Gasteiger partial charge on any atom is -0.464 e. The van der Waals surface area contributed by atoms with E-state index >= 15 is 0 Å². The maximum atomic E-state index is 12.2. The smallest absolute Gasteiger partial charge is 0.359 e. The number of aromatic nitrogens is 2. The van der Waals surface area contributed by atoms with Crippen LogP contribution in [0.3, 0.4) is 0 Å². The molecular weight excluding hydrogens is 398 g/mol. The Morgan fingerprint density at radius 1 is 1.29 bits per heavy atom. The van der Waals surface area contributed by atoms with Gasteiger partial charge in [0.05, 0.1) is 24.9 Å². The number of ether oxygens (including phenoxy) is 1. The maximum absolute atomic E-state index is 12.2. The minimum absolute atomic E-state index is 0.137. The van der Waals surface area contributed by atoms with Crippen LogP contribution in [0, 0.1) is 11.8 Å². The summed E-state index contributed by atoms with van der Waals surface area (Å²) in [5.74, 6) is 4.59. The van der Waals surface area contributed by atoms with Crippen LogP contribution >= 0.6 is 0 Å². The molecule has 1 aliphatic rings. The fourth-order valence-corrected chi connectivity index (χ4v) is 3.57. The number of fused-ring (bicyclic) bond motifs is 1. The predicted molar refractivity (Wildman–Crippen MR) is 112 cm³/mol. The van der Waals surface area contributed by atoms with Gasteiger partial charge in [0.25, 0.3) is 5.91 Å². The van der Waals surface area contributed by atoms with E-state index in [4.69, 9.17) is 4.74 Å². The van der Waals surface area contributed by atoms with E-state index in [1.807, 2.05) is 6.07 Å². The number of esters is 1. The van der Waals surface area contributed by atoms with Crippen molar-refractivity contribution in [3.63, 3.8) is 0 Å². The fourth-order valence-electron chi connectivity index (χ4n) is 3.57. The second kappa shape index (κ2) is 7.87. The molecule has 3 aromatic rings. The van der Waals surface area contributed by atoms with Crippen molar-refractivity contribution in [3.05, 3.63) is 59.3 Å². The Labute approximate surface area is 178 Å². The molecule has 8 heteroatoms. The van der Waals surface area contributed by atoms with Crippen LogP contribution in [-0.2, 0) is 16.1 Å². The molecule has 2 N–H and O–H groups in total. The molecule has 0 bridgehead atoms. The highest BCUT2D eigenvalue weighted by atomic mass is 16.5. The van der Waals surface area contributed by atoms with Crippen LogP contribution in [0.1, 0.15) is 28.0 Å². The van der Waals surface area contributed by atoms with Gasteiger partial charge in [-0.3, -0.25) is 4.79 Å². The number of rotatable bonds is 3. The second-order valence-electron chi connectivity index (χ2n) is 7.40. The van der Waals surface area contributed by atoms with E-state index in [0.29, 0.717) is 34.3 Å². The van der Waals surface area contributed by atoms with Crippen LogP contribution < -0.4 is 0 Å². The molecule has 1 aliphatic heterocycles. The predicted octanol–water partition coefficient (Wildman–Crippen LogP) is 1.25. The number of methoxy groups -OCH3 is 1. The zero-order chi connectivity index (χ0) is 22.2. The van der Waals surface area contributed by atoms with Crippen LogP contribution in [0.5, 0.6) is 0 Å². The first-order chi connectivity index (χ1) is 14.9. The number of benzene rings is 2. The van der Waals surface area contributed by atoms with Crippen LogP contribution in [0.2, 0.25) is 0 Å². The average Bonchev–Trinajstić information content (AvgIpc) is 3.30. The molecule has 0 unspecified atom stereocenters. The number of amides is 1. The summed E-state index contributed by atoms with van der Waals surface area (Å²) in [7, 11) is 2.91. The van der Waals surface area contributed by atoms with Gasteiger partial charge < -0.3 is 19.8 Å². The number of nitrogens with zero attached hydrogens (tertiary/aromatic N) is 3. The molecule has 0 spiro atoms. The topological polar surface area (TPSA) is 105 Å². The van der Waals surface area contributed by atoms with Gasteiger partial charge in [-0.15, -0.1) is 0 Å². The molecule has 4 rings (SSSR count). The Balaban J connectivity index is 1.78. The van der Waals surface area contributed by atoms with Crippen LogP contribution in [0.4, 0.5) is 0 Å². The third kappa shape index (κ3) is 3.65. The normalized spacial score (nSPS) is 18.2. The maximum Gasteiger partial charge on any atom is 0.359 e. The lowest BCUT2D eigenvalue weighted by atomic mass is 10.0. The second-order valence-corrected chi connectivity index (χ2v) is 7.40. The number of carbonyl (C=O) groups is 2. The molecule has 1 fully saturated rings. The summed E-state index contributed by atoms with van der Waals surface area (Å²) in [4.78, 5) is 25.8. The standard InChI is InChI=1S/C23H21N3O5/c1-25-11-10-23(30,22(25)29)9-8-15-4-3-5-17(12-15)26-19-7-6-16(14-27)13-18(19)20(24-26)21(28)31-2/h3-7,12-13,27,30H,10-11,14H2,1-2H3/t23-/m0/s1. The average molecular weight is 419 g/mol. The Hall–Kier alpha value is -3.67. The molecule has 0 radical (unpaired) electrons. The molecule has 1 aromatic heterocycles. The molecule has 2 aromatic carbocycles. The van der Waals surface area contributed by atoms with E-state index in [2.05, 4.69) is 16.9 Å².